The number of hydrogen-bond acceptors (Lipinski definition) is 2. The Hall–Kier alpha value is -1.85. The monoisotopic (exact) mass is 310 g/mol. The third kappa shape index (κ3) is 2.87. The molecule has 0 aliphatic heterocycles. The molecule has 2 aromatic rings. The Morgan fingerprint density at radius 2 is 1.00 bits per heavy atom. The third-order valence-electron chi connectivity index (χ3n) is 4.06. The first-order chi connectivity index (χ1) is 10.1. The molecule has 0 aliphatic rings. The molecule has 0 heterocycles. The Kier molecular flexibility index (Phi) is 4.06. The smallest absolute Gasteiger partial charge is 0.382 e. The minimum Gasteiger partial charge on any atom is -0.382 e. The van der Waals surface area contributed by atoms with Gasteiger partial charge in [0.05, 0.1) is 5.56 Å². The topological polar surface area (TPSA) is 40.5 Å². The summed E-state index contributed by atoms with van der Waals surface area (Å²) < 4.78 is 37.8. The lowest BCUT2D eigenvalue weighted by Crippen LogP contribution is -2.45. The number of benzene rings is 2. The average Bonchev–Trinajstić information content (AvgIpc) is 2.47. The van der Waals surface area contributed by atoms with Crippen LogP contribution < -0.4 is 0 Å². The molecule has 2 nitrogen and oxygen atoms in total. The minimum atomic E-state index is -4.44. The highest BCUT2D eigenvalue weighted by molar-refractivity contribution is 5.34. The van der Waals surface area contributed by atoms with Gasteiger partial charge in [0.1, 0.15) is 11.2 Å². The summed E-state index contributed by atoms with van der Waals surface area (Å²) in [5, 5.41) is 21.5. The molecule has 0 radical (unpaired) electrons. The zero-order valence-electron chi connectivity index (χ0n) is 12.2. The Morgan fingerprint density at radius 3 is 1.41 bits per heavy atom. The number of rotatable bonds is 3. The number of hydrogen-bond donors (Lipinski definition) is 2. The van der Waals surface area contributed by atoms with Gasteiger partial charge in [-0.25, -0.2) is 0 Å². The van der Waals surface area contributed by atoms with Crippen LogP contribution >= 0.6 is 0 Å². The van der Waals surface area contributed by atoms with Crippen molar-refractivity contribution in [2.45, 2.75) is 31.2 Å². The highest BCUT2D eigenvalue weighted by Gasteiger charge is 2.44. The first-order valence-corrected chi connectivity index (χ1v) is 6.75. The largest absolute Gasteiger partial charge is 0.416 e. The fourth-order valence-corrected chi connectivity index (χ4v) is 2.31. The van der Waals surface area contributed by atoms with Gasteiger partial charge in [0, 0.05) is 0 Å². The summed E-state index contributed by atoms with van der Waals surface area (Å²) in [5.74, 6) is 0. The number of aliphatic hydroxyl groups is 2. The van der Waals surface area contributed by atoms with Crippen molar-refractivity contribution >= 4 is 0 Å². The van der Waals surface area contributed by atoms with Crippen LogP contribution in [-0.4, -0.2) is 10.2 Å². The van der Waals surface area contributed by atoms with Gasteiger partial charge in [-0.15, -0.1) is 0 Å². The van der Waals surface area contributed by atoms with Gasteiger partial charge in [-0.05, 0) is 37.1 Å². The van der Waals surface area contributed by atoms with E-state index in [1.54, 1.807) is 30.3 Å². The molecule has 118 valence electrons. The van der Waals surface area contributed by atoms with Crippen LogP contribution in [0.3, 0.4) is 0 Å². The van der Waals surface area contributed by atoms with Crippen molar-refractivity contribution in [3.63, 3.8) is 0 Å². The number of alkyl halides is 3. The molecule has 2 unspecified atom stereocenters. The van der Waals surface area contributed by atoms with Crippen molar-refractivity contribution < 1.29 is 23.4 Å². The molecule has 0 amide bonds. The lowest BCUT2D eigenvalue weighted by atomic mass is 9.76. The van der Waals surface area contributed by atoms with Crippen molar-refractivity contribution in [2.24, 2.45) is 0 Å². The molecular weight excluding hydrogens is 293 g/mol. The summed E-state index contributed by atoms with van der Waals surface area (Å²) in [6, 6.07) is 12.7. The second-order valence-electron chi connectivity index (χ2n) is 5.59. The molecule has 5 heteroatoms. The summed E-state index contributed by atoms with van der Waals surface area (Å²) >= 11 is 0. The Bertz CT molecular complexity index is 629. The van der Waals surface area contributed by atoms with E-state index in [1.165, 1.54) is 26.0 Å². The molecule has 22 heavy (non-hydrogen) atoms. The maximum Gasteiger partial charge on any atom is 0.416 e. The lowest BCUT2D eigenvalue weighted by Gasteiger charge is -2.39. The van der Waals surface area contributed by atoms with E-state index >= 15 is 0 Å². The van der Waals surface area contributed by atoms with E-state index < -0.39 is 22.9 Å². The summed E-state index contributed by atoms with van der Waals surface area (Å²) in [4.78, 5) is 0. The van der Waals surface area contributed by atoms with E-state index in [0.717, 1.165) is 12.1 Å². The molecule has 2 atom stereocenters. The van der Waals surface area contributed by atoms with E-state index in [9.17, 15) is 23.4 Å². The first-order valence-electron chi connectivity index (χ1n) is 6.75. The highest BCUT2D eigenvalue weighted by Crippen LogP contribution is 2.41. The molecule has 0 fully saturated rings. The normalized spacial score (nSPS) is 17.6. The molecule has 0 aromatic heterocycles. The van der Waals surface area contributed by atoms with Crippen molar-refractivity contribution in [1.82, 2.24) is 0 Å². The van der Waals surface area contributed by atoms with E-state index in [1.807, 2.05) is 0 Å². The van der Waals surface area contributed by atoms with Crippen LogP contribution in [-0.2, 0) is 17.4 Å². The van der Waals surface area contributed by atoms with E-state index in [0.29, 0.717) is 5.56 Å². The second kappa shape index (κ2) is 5.41. The molecule has 0 bridgehead atoms. The molecule has 0 saturated carbocycles. The highest BCUT2D eigenvalue weighted by atomic mass is 19.4. The fourth-order valence-electron chi connectivity index (χ4n) is 2.31. The SMILES string of the molecule is CC(O)(c1ccccc1)C(C)(O)c1ccc(C(F)(F)F)cc1. The predicted molar refractivity (Wildman–Crippen MR) is 77.0 cm³/mol. The first kappa shape index (κ1) is 16.5. The average molecular weight is 310 g/mol. The molecule has 2 aromatic carbocycles. The zero-order chi connectivity index (χ0) is 16.6. The zero-order valence-corrected chi connectivity index (χ0v) is 12.2. The maximum absolute atomic E-state index is 12.6. The standard InChI is InChI=1S/C17H17F3O2/c1-15(21,12-6-4-3-5-7-12)16(2,22)13-8-10-14(11-9-13)17(18,19)20/h3-11,21-22H,1-2H3. The summed E-state index contributed by atoms with van der Waals surface area (Å²) in [6.45, 7) is 2.81. The van der Waals surface area contributed by atoms with Crippen LogP contribution in [0.1, 0.15) is 30.5 Å². The molecule has 0 aliphatic carbocycles. The van der Waals surface area contributed by atoms with Crippen LogP contribution in [0.4, 0.5) is 13.2 Å². The molecular formula is C17H17F3O2. The van der Waals surface area contributed by atoms with Gasteiger partial charge < -0.3 is 10.2 Å². The van der Waals surface area contributed by atoms with Crippen LogP contribution in [0, 0.1) is 0 Å². The van der Waals surface area contributed by atoms with Crippen molar-refractivity contribution in [2.75, 3.05) is 0 Å². The van der Waals surface area contributed by atoms with E-state index in [-0.39, 0.29) is 5.56 Å². The lowest BCUT2D eigenvalue weighted by molar-refractivity contribution is -0.144. The van der Waals surface area contributed by atoms with Crippen LogP contribution in [0.5, 0.6) is 0 Å². The van der Waals surface area contributed by atoms with Crippen molar-refractivity contribution in [3.05, 3.63) is 71.3 Å². The number of halogens is 3. The van der Waals surface area contributed by atoms with Crippen LogP contribution in [0.15, 0.2) is 54.6 Å². The van der Waals surface area contributed by atoms with E-state index in [2.05, 4.69) is 0 Å². The molecule has 0 saturated heterocycles. The van der Waals surface area contributed by atoms with Crippen molar-refractivity contribution in [1.29, 1.82) is 0 Å². The molecule has 2 N–H and O–H groups in total. The quantitative estimate of drug-likeness (QED) is 0.905. The Balaban J connectivity index is 2.41. The van der Waals surface area contributed by atoms with Gasteiger partial charge in [0.25, 0.3) is 0 Å². The fraction of sp³-hybridized carbons (Fsp3) is 0.294. The van der Waals surface area contributed by atoms with Gasteiger partial charge in [-0.3, -0.25) is 0 Å². The van der Waals surface area contributed by atoms with Crippen LogP contribution in [0.25, 0.3) is 0 Å². The van der Waals surface area contributed by atoms with Gasteiger partial charge >= 0.3 is 6.18 Å². The maximum atomic E-state index is 12.6. The summed E-state index contributed by atoms with van der Waals surface area (Å²) in [7, 11) is 0. The van der Waals surface area contributed by atoms with E-state index in [4.69, 9.17) is 0 Å². The predicted octanol–water partition coefficient (Wildman–Crippen LogP) is 3.82. The van der Waals surface area contributed by atoms with Crippen molar-refractivity contribution in [3.8, 4) is 0 Å². The van der Waals surface area contributed by atoms with Gasteiger partial charge in [0.15, 0.2) is 0 Å². The Labute approximate surface area is 126 Å². The van der Waals surface area contributed by atoms with Gasteiger partial charge in [0.2, 0.25) is 0 Å². The summed E-state index contributed by atoms with van der Waals surface area (Å²) in [5.41, 5.74) is -3.53. The Morgan fingerprint density at radius 1 is 0.636 bits per heavy atom. The molecule has 0 spiro atoms. The molecule has 2 rings (SSSR count). The van der Waals surface area contributed by atoms with Gasteiger partial charge in [-0.1, -0.05) is 42.5 Å². The minimum absolute atomic E-state index is 0.203. The summed E-state index contributed by atoms with van der Waals surface area (Å²) in [6.07, 6.45) is -4.44. The third-order valence-corrected chi connectivity index (χ3v) is 4.06. The second-order valence-corrected chi connectivity index (χ2v) is 5.59. The van der Waals surface area contributed by atoms with Crippen LogP contribution in [0.2, 0.25) is 0 Å². The van der Waals surface area contributed by atoms with Gasteiger partial charge in [-0.2, -0.15) is 13.2 Å².